The van der Waals surface area contributed by atoms with Crippen molar-refractivity contribution in [2.45, 2.75) is 38.0 Å². The van der Waals surface area contributed by atoms with E-state index < -0.39 is 6.23 Å². The molecule has 2 aliphatic rings. The smallest absolute Gasteiger partial charge is 0.222 e. The van der Waals surface area contributed by atoms with Gasteiger partial charge < -0.3 is 20.6 Å². The fourth-order valence-corrected chi connectivity index (χ4v) is 4.02. The number of rotatable bonds is 2. The summed E-state index contributed by atoms with van der Waals surface area (Å²) < 4.78 is 1.88. The van der Waals surface area contributed by atoms with Crippen LogP contribution >= 0.6 is 0 Å². The summed E-state index contributed by atoms with van der Waals surface area (Å²) in [6, 6.07) is 6.88. The SMILES string of the molecule is CC1CNCCN1c1ccc2c(C3CCC(=O)NC3O)nn(C)c2c1. The molecule has 4 rings (SSSR count). The second-order valence-corrected chi connectivity index (χ2v) is 7.11. The molecule has 3 atom stereocenters. The van der Waals surface area contributed by atoms with Gasteiger partial charge in [0.05, 0.1) is 11.2 Å². The molecule has 2 aliphatic heterocycles. The second kappa shape index (κ2) is 6.31. The number of carbonyl (C=O) groups excluding carboxylic acids is 1. The molecule has 0 bridgehead atoms. The molecule has 1 amide bonds. The number of nitrogens with one attached hydrogen (secondary N) is 2. The Morgan fingerprint density at radius 1 is 1.36 bits per heavy atom. The van der Waals surface area contributed by atoms with Crippen molar-refractivity contribution in [3.63, 3.8) is 0 Å². The Kier molecular flexibility index (Phi) is 4.13. The van der Waals surface area contributed by atoms with E-state index in [-0.39, 0.29) is 11.8 Å². The minimum Gasteiger partial charge on any atom is -0.373 e. The minimum absolute atomic E-state index is 0.0982. The number of anilines is 1. The van der Waals surface area contributed by atoms with Crippen LogP contribution in [0.5, 0.6) is 0 Å². The van der Waals surface area contributed by atoms with Gasteiger partial charge in [0.1, 0.15) is 6.23 Å². The Bertz CT molecular complexity index is 802. The molecule has 0 saturated carbocycles. The highest BCUT2D eigenvalue weighted by Crippen LogP contribution is 2.34. The predicted molar refractivity (Wildman–Crippen MR) is 96.5 cm³/mol. The molecule has 2 aromatic rings. The van der Waals surface area contributed by atoms with E-state index in [4.69, 9.17) is 0 Å². The van der Waals surface area contributed by atoms with Crippen molar-refractivity contribution in [3.8, 4) is 0 Å². The average Bonchev–Trinajstić information content (AvgIpc) is 2.91. The molecule has 1 aromatic carbocycles. The van der Waals surface area contributed by atoms with Gasteiger partial charge in [-0.2, -0.15) is 5.10 Å². The minimum atomic E-state index is -0.868. The maximum absolute atomic E-state index is 11.5. The fourth-order valence-electron chi connectivity index (χ4n) is 4.02. The van der Waals surface area contributed by atoms with E-state index in [9.17, 15) is 9.90 Å². The summed E-state index contributed by atoms with van der Waals surface area (Å²) in [6.45, 7) is 5.20. The zero-order chi connectivity index (χ0) is 17.6. The summed E-state index contributed by atoms with van der Waals surface area (Å²) in [4.78, 5) is 13.9. The quantitative estimate of drug-likeness (QED) is 0.747. The Balaban J connectivity index is 1.70. The first kappa shape index (κ1) is 16.4. The summed E-state index contributed by atoms with van der Waals surface area (Å²) in [5.41, 5.74) is 3.13. The first-order valence-electron chi connectivity index (χ1n) is 8.96. The highest BCUT2D eigenvalue weighted by atomic mass is 16.3. The van der Waals surface area contributed by atoms with Gasteiger partial charge in [0, 0.05) is 56.1 Å². The molecular formula is C18H25N5O2. The van der Waals surface area contributed by atoms with Crippen molar-refractivity contribution in [2.24, 2.45) is 7.05 Å². The number of aliphatic hydroxyl groups is 1. The monoisotopic (exact) mass is 343 g/mol. The number of amides is 1. The van der Waals surface area contributed by atoms with Crippen LogP contribution in [-0.2, 0) is 11.8 Å². The summed E-state index contributed by atoms with van der Waals surface area (Å²) in [5, 5.41) is 22.0. The average molecular weight is 343 g/mol. The first-order valence-corrected chi connectivity index (χ1v) is 8.96. The fraction of sp³-hybridized carbons (Fsp3) is 0.556. The lowest BCUT2D eigenvalue weighted by Crippen LogP contribution is -2.49. The summed E-state index contributed by atoms with van der Waals surface area (Å²) >= 11 is 0. The highest BCUT2D eigenvalue weighted by Gasteiger charge is 2.32. The third-order valence-corrected chi connectivity index (χ3v) is 5.42. The Hall–Kier alpha value is -2.12. The summed E-state index contributed by atoms with van der Waals surface area (Å²) in [7, 11) is 1.94. The van der Waals surface area contributed by atoms with Crippen LogP contribution in [0.1, 0.15) is 31.4 Å². The van der Waals surface area contributed by atoms with Gasteiger partial charge in [-0.05, 0) is 31.5 Å². The highest BCUT2D eigenvalue weighted by molar-refractivity contribution is 5.86. The third-order valence-electron chi connectivity index (χ3n) is 5.42. The number of hydrogen-bond acceptors (Lipinski definition) is 5. The Labute approximate surface area is 147 Å². The van der Waals surface area contributed by atoms with Crippen LogP contribution in [0.25, 0.3) is 10.9 Å². The number of aryl methyl sites for hydroxylation is 1. The zero-order valence-electron chi connectivity index (χ0n) is 14.7. The number of fused-ring (bicyclic) bond motifs is 1. The van der Waals surface area contributed by atoms with Crippen LogP contribution in [0.15, 0.2) is 18.2 Å². The van der Waals surface area contributed by atoms with Crippen molar-refractivity contribution < 1.29 is 9.90 Å². The molecule has 7 heteroatoms. The van der Waals surface area contributed by atoms with E-state index in [1.54, 1.807) is 0 Å². The van der Waals surface area contributed by atoms with Crippen LogP contribution < -0.4 is 15.5 Å². The number of carbonyl (C=O) groups is 1. The molecule has 1 aromatic heterocycles. The second-order valence-electron chi connectivity index (χ2n) is 7.11. The Morgan fingerprint density at radius 3 is 2.96 bits per heavy atom. The number of nitrogens with zero attached hydrogens (tertiary/aromatic N) is 3. The molecule has 134 valence electrons. The standard InChI is InChI=1S/C18H25N5O2/c1-11-10-19-7-8-23(11)12-3-4-13-15(9-12)22(2)21-17(13)14-5-6-16(24)20-18(14)25/h3-4,9,11,14,18-19,25H,5-8,10H2,1-2H3,(H,20,24). The van der Waals surface area contributed by atoms with Crippen LogP contribution in [0, 0.1) is 0 Å². The van der Waals surface area contributed by atoms with Gasteiger partial charge in [-0.3, -0.25) is 9.48 Å². The lowest BCUT2D eigenvalue weighted by molar-refractivity contribution is -0.127. The number of benzene rings is 1. The molecule has 3 N–H and O–H groups in total. The van der Waals surface area contributed by atoms with E-state index in [0.717, 1.165) is 36.2 Å². The maximum atomic E-state index is 11.5. The van der Waals surface area contributed by atoms with Gasteiger partial charge in [-0.25, -0.2) is 0 Å². The Morgan fingerprint density at radius 2 is 2.20 bits per heavy atom. The number of hydrogen-bond donors (Lipinski definition) is 3. The number of piperazine rings is 1. The van der Waals surface area contributed by atoms with Crippen molar-refractivity contribution in [1.82, 2.24) is 20.4 Å². The van der Waals surface area contributed by atoms with Gasteiger partial charge in [0.25, 0.3) is 0 Å². The topological polar surface area (TPSA) is 82.4 Å². The van der Waals surface area contributed by atoms with Gasteiger partial charge >= 0.3 is 0 Å². The largest absolute Gasteiger partial charge is 0.373 e. The third kappa shape index (κ3) is 2.87. The van der Waals surface area contributed by atoms with Crippen LogP contribution in [0.2, 0.25) is 0 Å². The molecule has 0 aliphatic carbocycles. The van der Waals surface area contributed by atoms with E-state index >= 15 is 0 Å². The van der Waals surface area contributed by atoms with Gasteiger partial charge in [-0.15, -0.1) is 0 Å². The molecule has 3 unspecified atom stereocenters. The van der Waals surface area contributed by atoms with E-state index in [2.05, 4.69) is 45.8 Å². The molecule has 2 fully saturated rings. The predicted octanol–water partition coefficient (Wildman–Crippen LogP) is 0.683. The van der Waals surface area contributed by atoms with Gasteiger partial charge in [0.15, 0.2) is 0 Å². The number of aromatic nitrogens is 2. The van der Waals surface area contributed by atoms with E-state index in [1.807, 2.05) is 11.7 Å². The van der Waals surface area contributed by atoms with Gasteiger partial charge in [0.2, 0.25) is 5.91 Å². The van der Waals surface area contributed by atoms with Crippen LogP contribution in [-0.4, -0.2) is 52.7 Å². The van der Waals surface area contributed by atoms with E-state index in [0.29, 0.717) is 18.9 Å². The zero-order valence-corrected chi connectivity index (χ0v) is 14.7. The lowest BCUT2D eigenvalue weighted by Gasteiger charge is -2.36. The molecule has 0 radical (unpaired) electrons. The maximum Gasteiger partial charge on any atom is 0.222 e. The normalized spacial score (nSPS) is 27.6. The molecular weight excluding hydrogens is 318 g/mol. The van der Waals surface area contributed by atoms with Crippen molar-refractivity contribution >= 4 is 22.5 Å². The van der Waals surface area contributed by atoms with Crippen molar-refractivity contribution in [1.29, 1.82) is 0 Å². The molecule has 0 spiro atoms. The molecule has 25 heavy (non-hydrogen) atoms. The molecule has 2 saturated heterocycles. The summed E-state index contributed by atoms with van der Waals surface area (Å²) in [6.07, 6.45) is 0.179. The molecule has 7 nitrogen and oxygen atoms in total. The number of aliphatic hydroxyl groups excluding tert-OH is 1. The van der Waals surface area contributed by atoms with E-state index in [1.165, 1.54) is 5.69 Å². The first-order chi connectivity index (χ1) is 12.0. The van der Waals surface area contributed by atoms with Crippen molar-refractivity contribution in [3.05, 3.63) is 23.9 Å². The van der Waals surface area contributed by atoms with Crippen molar-refractivity contribution in [2.75, 3.05) is 24.5 Å². The summed E-state index contributed by atoms with van der Waals surface area (Å²) in [5.74, 6) is -0.260. The number of piperidine rings is 1. The van der Waals surface area contributed by atoms with Gasteiger partial charge in [-0.1, -0.05) is 0 Å². The van der Waals surface area contributed by atoms with Crippen LogP contribution in [0.3, 0.4) is 0 Å². The molecule has 3 heterocycles. The lowest BCUT2D eigenvalue weighted by atomic mass is 9.92. The van der Waals surface area contributed by atoms with Crippen LogP contribution in [0.4, 0.5) is 5.69 Å².